The van der Waals surface area contributed by atoms with Gasteiger partial charge in [0.05, 0.1) is 12.3 Å². The van der Waals surface area contributed by atoms with Gasteiger partial charge in [-0.1, -0.05) is 19.8 Å². The molecule has 21 heavy (non-hydrogen) atoms. The molecular weight excluding hydrogens is 290 g/mol. The Kier molecular flexibility index (Phi) is 5.03. The molecule has 1 fully saturated rings. The summed E-state index contributed by atoms with van der Waals surface area (Å²) in [5, 5.41) is 7.08. The first-order valence-electron chi connectivity index (χ1n) is 7.35. The first kappa shape index (κ1) is 16.0. The molecule has 1 saturated carbocycles. The van der Waals surface area contributed by atoms with Crippen molar-refractivity contribution in [1.29, 1.82) is 0 Å². The van der Waals surface area contributed by atoms with Gasteiger partial charge in [-0.2, -0.15) is 5.10 Å². The largest absolute Gasteiger partial charge is 0.348 e. The number of carbonyl (C=O) groups is 1. The van der Waals surface area contributed by atoms with Crippen LogP contribution < -0.4 is 5.32 Å². The van der Waals surface area contributed by atoms with E-state index in [2.05, 4.69) is 17.3 Å². The molecule has 1 heterocycles. The molecule has 7 heteroatoms. The summed E-state index contributed by atoms with van der Waals surface area (Å²) in [7, 11) is -3.07. The van der Waals surface area contributed by atoms with Crippen LogP contribution in [0.2, 0.25) is 0 Å². The average molecular weight is 313 g/mol. The van der Waals surface area contributed by atoms with E-state index in [4.69, 9.17) is 0 Å². The second-order valence-corrected chi connectivity index (χ2v) is 8.27. The summed E-state index contributed by atoms with van der Waals surface area (Å²) < 4.78 is 23.9. The summed E-state index contributed by atoms with van der Waals surface area (Å²) in [5.41, 5.74) is 0.428. The van der Waals surface area contributed by atoms with E-state index in [1.807, 2.05) is 0 Å². The molecule has 0 bridgehead atoms. The predicted octanol–water partition coefficient (Wildman–Crippen LogP) is 1.24. The monoisotopic (exact) mass is 313 g/mol. The Morgan fingerprint density at radius 3 is 2.90 bits per heavy atom. The van der Waals surface area contributed by atoms with Crippen LogP contribution in [0.1, 0.15) is 43.1 Å². The van der Waals surface area contributed by atoms with E-state index in [-0.39, 0.29) is 24.2 Å². The van der Waals surface area contributed by atoms with E-state index in [1.54, 1.807) is 6.07 Å². The molecule has 0 aromatic carbocycles. The fourth-order valence-corrected chi connectivity index (χ4v) is 3.29. The summed E-state index contributed by atoms with van der Waals surface area (Å²) >= 11 is 0. The van der Waals surface area contributed by atoms with Crippen LogP contribution in [0.15, 0.2) is 12.3 Å². The predicted molar refractivity (Wildman–Crippen MR) is 80.8 cm³/mol. The molecule has 2 atom stereocenters. The second-order valence-electron chi connectivity index (χ2n) is 6.01. The van der Waals surface area contributed by atoms with Crippen molar-refractivity contribution in [3.63, 3.8) is 0 Å². The Morgan fingerprint density at radius 1 is 1.48 bits per heavy atom. The minimum atomic E-state index is -3.07. The van der Waals surface area contributed by atoms with Crippen molar-refractivity contribution in [2.45, 2.75) is 45.2 Å². The number of hydrogen-bond donors (Lipinski definition) is 1. The zero-order valence-electron chi connectivity index (χ0n) is 12.6. The number of rotatable bonds is 5. The number of nitrogens with zero attached hydrogens (tertiary/aromatic N) is 2. The molecule has 0 radical (unpaired) electrons. The minimum Gasteiger partial charge on any atom is -0.348 e. The van der Waals surface area contributed by atoms with Gasteiger partial charge in [-0.25, -0.2) is 8.42 Å². The summed E-state index contributed by atoms with van der Waals surface area (Å²) in [6, 6.07) is 1.84. The summed E-state index contributed by atoms with van der Waals surface area (Å²) in [6.07, 6.45) is 7.08. The summed E-state index contributed by atoms with van der Waals surface area (Å²) in [5.74, 6) is 0.453. The van der Waals surface area contributed by atoms with Crippen molar-refractivity contribution in [2.24, 2.45) is 5.92 Å². The van der Waals surface area contributed by atoms with E-state index < -0.39 is 9.84 Å². The van der Waals surface area contributed by atoms with Gasteiger partial charge in [-0.15, -0.1) is 0 Å². The van der Waals surface area contributed by atoms with E-state index in [1.165, 1.54) is 23.6 Å². The third kappa shape index (κ3) is 4.84. The molecule has 118 valence electrons. The smallest absolute Gasteiger partial charge is 0.269 e. The lowest BCUT2D eigenvalue weighted by Crippen LogP contribution is -2.39. The SMILES string of the molecule is CC1CCC[C@H](NC(=O)c2ccnn2CCS(C)(=O)=O)C1. The van der Waals surface area contributed by atoms with Crippen LogP contribution in [0.25, 0.3) is 0 Å². The van der Waals surface area contributed by atoms with E-state index in [9.17, 15) is 13.2 Å². The van der Waals surface area contributed by atoms with Gasteiger partial charge in [0.2, 0.25) is 0 Å². The van der Waals surface area contributed by atoms with Gasteiger partial charge in [0.25, 0.3) is 5.91 Å². The number of nitrogens with one attached hydrogen (secondary N) is 1. The van der Waals surface area contributed by atoms with Gasteiger partial charge in [0, 0.05) is 18.5 Å². The molecule has 0 aliphatic heterocycles. The van der Waals surface area contributed by atoms with Crippen molar-refractivity contribution in [3.8, 4) is 0 Å². The number of hydrogen-bond acceptors (Lipinski definition) is 4. The van der Waals surface area contributed by atoms with Gasteiger partial charge < -0.3 is 5.32 Å². The van der Waals surface area contributed by atoms with Crippen LogP contribution in [-0.2, 0) is 16.4 Å². The molecule has 0 spiro atoms. The van der Waals surface area contributed by atoms with Crippen molar-refractivity contribution >= 4 is 15.7 Å². The van der Waals surface area contributed by atoms with Crippen LogP contribution in [0.5, 0.6) is 0 Å². The van der Waals surface area contributed by atoms with Crippen molar-refractivity contribution in [2.75, 3.05) is 12.0 Å². The van der Waals surface area contributed by atoms with Gasteiger partial charge in [0.1, 0.15) is 15.5 Å². The first-order valence-corrected chi connectivity index (χ1v) is 9.41. The Labute approximate surface area is 125 Å². The maximum atomic E-state index is 12.3. The van der Waals surface area contributed by atoms with Crippen LogP contribution in [0, 0.1) is 5.92 Å². The molecule has 1 unspecified atom stereocenters. The summed E-state index contributed by atoms with van der Waals surface area (Å²) in [6.45, 7) is 2.41. The van der Waals surface area contributed by atoms with Gasteiger partial charge in [-0.05, 0) is 24.8 Å². The zero-order chi connectivity index (χ0) is 15.5. The molecule has 0 saturated heterocycles. The number of amides is 1. The maximum absolute atomic E-state index is 12.3. The van der Waals surface area contributed by atoms with E-state index in [0.717, 1.165) is 19.3 Å². The molecule has 2 rings (SSSR count). The van der Waals surface area contributed by atoms with Crippen molar-refractivity contribution in [1.82, 2.24) is 15.1 Å². The summed E-state index contributed by atoms with van der Waals surface area (Å²) in [4.78, 5) is 12.3. The fraction of sp³-hybridized carbons (Fsp3) is 0.714. The molecule has 1 aromatic rings. The van der Waals surface area contributed by atoms with Gasteiger partial charge in [0.15, 0.2) is 0 Å². The highest BCUT2D eigenvalue weighted by molar-refractivity contribution is 7.90. The van der Waals surface area contributed by atoms with Crippen LogP contribution in [-0.4, -0.2) is 42.2 Å². The molecule has 1 aliphatic carbocycles. The standard InChI is InChI=1S/C14H23N3O3S/c1-11-4-3-5-12(10-11)16-14(18)13-6-7-15-17(13)8-9-21(2,19)20/h6-7,11-12H,3-5,8-10H2,1-2H3,(H,16,18)/t11?,12-/m0/s1. The van der Waals surface area contributed by atoms with Gasteiger partial charge >= 0.3 is 0 Å². The van der Waals surface area contributed by atoms with Crippen molar-refractivity contribution in [3.05, 3.63) is 18.0 Å². The quantitative estimate of drug-likeness (QED) is 0.886. The van der Waals surface area contributed by atoms with Crippen molar-refractivity contribution < 1.29 is 13.2 Å². The maximum Gasteiger partial charge on any atom is 0.269 e. The molecule has 1 N–H and O–H groups in total. The third-order valence-corrected chi connectivity index (χ3v) is 4.82. The normalized spacial score (nSPS) is 23.0. The Hall–Kier alpha value is -1.37. The lowest BCUT2D eigenvalue weighted by Gasteiger charge is -2.27. The highest BCUT2D eigenvalue weighted by Crippen LogP contribution is 2.23. The molecular formula is C14H23N3O3S. The number of aromatic nitrogens is 2. The highest BCUT2D eigenvalue weighted by Gasteiger charge is 2.22. The number of sulfone groups is 1. The Morgan fingerprint density at radius 2 is 2.24 bits per heavy atom. The lowest BCUT2D eigenvalue weighted by molar-refractivity contribution is 0.0910. The molecule has 6 nitrogen and oxygen atoms in total. The first-order chi connectivity index (χ1) is 9.85. The number of carbonyl (C=O) groups excluding carboxylic acids is 1. The minimum absolute atomic E-state index is 0.0184. The Balaban J connectivity index is 1.98. The van der Waals surface area contributed by atoms with Crippen LogP contribution >= 0.6 is 0 Å². The highest BCUT2D eigenvalue weighted by atomic mass is 32.2. The number of aryl methyl sites for hydroxylation is 1. The van der Waals surface area contributed by atoms with E-state index >= 15 is 0 Å². The van der Waals surface area contributed by atoms with Crippen LogP contribution in [0.3, 0.4) is 0 Å². The van der Waals surface area contributed by atoms with Crippen LogP contribution in [0.4, 0.5) is 0 Å². The average Bonchev–Trinajstić information content (AvgIpc) is 2.84. The van der Waals surface area contributed by atoms with Gasteiger partial charge in [-0.3, -0.25) is 9.48 Å². The zero-order valence-corrected chi connectivity index (χ0v) is 13.4. The Bertz CT molecular complexity index is 594. The molecule has 1 amide bonds. The fourth-order valence-electron chi connectivity index (χ4n) is 2.78. The van der Waals surface area contributed by atoms with E-state index in [0.29, 0.717) is 11.6 Å². The molecule has 1 aliphatic rings. The lowest BCUT2D eigenvalue weighted by atomic mass is 9.87. The molecule has 1 aromatic heterocycles. The second kappa shape index (κ2) is 6.60. The third-order valence-electron chi connectivity index (χ3n) is 3.89. The topological polar surface area (TPSA) is 81.1 Å².